The van der Waals surface area contributed by atoms with Crippen molar-refractivity contribution in [3.05, 3.63) is 23.8 Å². The molecule has 1 aromatic carbocycles. The first-order chi connectivity index (χ1) is 8.91. The Morgan fingerprint density at radius 2 is 2.25 bits per heavy atom. The van der Waals surface area contributed by atoms with E-state index in [0.717, 1.165) is 12.0 Å². The second-order valence-electron chi connectivity index (χ2n) is 4.69. The van der Waals surface area contributed by atoms with E-state index in [0.29, 0.717) is 0 Å². The summed E-state index contributed by atoms with van der Waals surface area (Å²) in [5.74, 6) is -3.48. The van der Waals surface area contributed by atoms with Crippen molar-refractivity contribution in [2.45, 2.75) is 31.7 Å². The molecule has 1 heterocycles. The number of phenolic OH excluding ortho intramolecular Hbond substituents is 1. The lowest BCUT2D eigenvalue weighted by molar-refractivity contribution is -0.118. The van der Waals surface area contributed by atoms with Gasteiger partial charge in [-0.25, -0.2) is 8.78 Å². The molecule has 1 aromatic rings. The molecule has 1 aliphatic rings. The van der Waals surface area contributed by atoms with Crippen molar-refractivity contribution < 1.29 is 18.7 Å². The van der Waals surface area contributed by atoms with E-state index < -0.39 is 30.8 Å². The van der Waals surface area contributed by atoms with E-state index in [-0.39, 0.29) is 23.8 Å². The van der Waals surface area contributed by atoms with Gasteiger partial charge in [0.1, 0.15) is 5.75 Å². The number of phenols is 1. The standard InChI is InChI=1S/C13H16F2N2O2.ClH/c1-2-8-3-4-11(18)9(5-8)17-12(19)10-6-13(14,15)7-16-10;/h3-5,10,16,18H,2,6-7H2,1H3,(H,17,19);1H. The van der Waals surface area contributed by atoms with Gasteiger partial charge in [0.25, 0.3) is 5.92 Å². The minimum Gasteiger partial charge on any atom is -0.506 e. The van der Waals surface area contributed by atoms with Crippen molar-refractivity contribution in [3.63, 3.8) is 0 Å². The molecule has 0 aliphatic carbocycles. The van der Waals surface area contributed by atoms with Crippen LogP contribution < -0.4 is 10.6 Å². The summed E-state index contributed by atoms with van der Waals surface area (Å²) in [6.45, 7) is 1.45. The summed E-state index contributed by atoms with van der Waals surface area (Å²) < 4.78 is 26.0. The number of benzene rings is 1. The van der Waals surface area contributed by atoms with E-state index in [1.54, 1.807) is 12.1 Å². The van der Waals surface area contributed by atoms with Crippen LogP contribution >= 0.6 is 12.4 Å². The molecule has 1 unspecified atom stereocenters. The van der Waals surface area contributed by atoms with Crippen LogP contribution in [0.2, 0.25) is 0 Å². The number of rotatable bonds is 3. The van der Waals surface area contributed by atoms with Crippen LogP contribution in [0.1, 0.15) is 18.9 Å². The van der Waals surface area contributed by atoms with Gasteiger partial charge >= 0.3 is 0 Å². The molecule has 4 nitrogen and oxygen atoms in total. The lowest BCUT2D eigenvalue weighted by Crippen LogP contribution is -2.35. The van der Waals surface area contributed by atoms with Crippen molar-refractivity contribution >= 4 is 24.0 Å². The second-order valence-corrected chi connectivity index (χ2v) is 4.69. The third-order valence-corrected chi connectivity index (χ3v) is 3.15. The molecular weight excluding hydrogens is 290 g/mol. The minimum absolute atomic E-state index is 0. The van der Waals surface area contributed by atoms with Crippen molar-refractivity contribution in [2.75, 3.05) is 11.9 Å². The van der Waals surface area contributed by atoms with Crippen LogP contribution in [0.3, 0.4) is 0 Å². The predicted octanol–water partition coefficient (Wildman–Crippen LogP) is 2.31. The van der Waals surface area contributed by atoms with Crippen LogP contribution in [-0.4, -0.2) is 29.5 Å². The molecule has 0 bridgehead atoms. The fraction of sp³-hybridized carbons (Fsp3) is 0.462. The molecule has 1 aliphatic heterocycles. The number of hydrogen-bond acceptors (Lipinski definition) is 3. The van der Waals surface area contributed by atoms with Gasteiger partial charge in [-0.2, -0.15) is 0 Å². The van der Waals surface area contributed by atoms with Gasteiger partial charge in [-0.05, 0) is 24.1 Å². The highest BCUT2D eigenvalue weighted by Gasteiger charge is 2.42. The molecule has 20 heavy (non-hydrogen) atoms. The Morgan fingerprint density at radius 3 is 2.80 bits per heavy atom. The maximum absolute atomic E-state index is 13.0. The highest BCUT2D eigenvalue weighted by Crippen LogP contribution is 2.28. The minimum atomic E-state index is -2.85. The Labute approximate surface area is 122 Å². The van der Waals surface area contributed by atoms with Crippen molar-refractivity contribution in [1.29, 1.82) is 0 Å². The Bertz CT molecular complexity index is 497. The highest BCUT2D eigenvalue weighted by molar-refractivity contribution is 5.96. The van der Waals surface area contributed by atoms with E-state index in [2.05, 4.69) is 10.6 Å². The summed E-state index contributed by atoms with van der Waals surface area (Å²) in [5, 5.41) is 14.6. The predicted molar refractivity (Wildman–Crippen MR) is 74.7 cm³/mol. The molecule has 0 saturated carbocycles. The molecule has 3 N–H and O–H groups in total. The number of alkyl halides is 2. The van der Waals surface area contributed by atoms with Gasteiger partial charge in [-0.1, -0.05) is 13.0 Å². The van der Waals surface area contributed by atoms with Crippen molar-refractivity contribution in [3.8, 4) is 5.75 Å². The summed E-state index contributed by atoms with van der Waals surface area (Å²) in [6, 6.07) is 3.93. The number of carbonyl (C=O) groups is 1. The zero-order valence-corrected chi connectivity index (χ0v) is 11.8. The summed E-state index contributed by atoms with van der Waals surface area (Å²) in [4.78, 5) is 11.8. The van der Waals surface area contributed by atoms with E-state index >= 15 is 0 Å². The fourth-order valence-electron chi connectivity index (χ4n) is 2.02. The first-order valence-electron chi connectivity index (χ1n) is 6.15. The third kappa shape index (κ3) is 3.80. The number of hydrogen-bond donors (Lipinski definition) is 3. The maximum Gasteiger partial charge on any atom is 0.262 e. The van der Waals surface area contributed by atoms with Crippen LogP contribution in [0.25, 0.3) is 0 Å². The number of nitrogens with one attached hydrogen (secondary N) is 2. The lowest BCUT2D eigenvalue weighted by atomic mass is 10.1. The maximum atomic E-state index is 13.0. The van der Waals surface area contributed by atoms with Gasteiger partial charge in [-0.15, -0.1) is 12.4 Å². The van der Waals surface area contributed by atoms with Crippen molar-refractivity contribution in [2.24, 2.45) is 0 Å². The number of halogens is 3. The fourth-order valence-corrected chi connectivity index (χ4v) is 2.02. The third-order valence-electron chi connectivity index (χ3n) is 3.15. The second kappa shape index (κ2) is 6.37. The topological polar surface area (TPSA) is 61.4 Å². The Hall–Kier alpha value is -1.40. The average molecular weight is 307 g/mol. The van der Waals surface area contributed by atoms with Gasteiger partial charge in [0.05, 0.1) is 18.3 Å². The zero-order valence-electron chi connectivity index (χ0n) is 11.0. The zero-order chi connectivity index (χ0) is 14.0. The summed E-state index contributed by atoms with van der Waals surface area (Å²) in [7, 11) is 0. The summed E-state index contributed by atoms with van der Waals surface area (Å²) >= 11 is 0. The number of carbonyl (C=O) groups excluding carboxylic acids is 1. The van der Waals surface area contributed by atoms with Gasteiger partial charge in [0.2, 0.25) is 5.91 Å². The largest absolute Gasteiger partial charge is 0.506 e. The number of aromatic hydroxyl groups is 1. The first-order valence-corrected chi connectivity index (χ1v) is 6.15. The summed E-state index contributed by atoms with van der Waals surface area (Å²) in [5.41, 5.74) is 1.19. The summed E-state index contributed by atoms with van der Waals surface area (Å²) in [6.07, 6.45) is 0.232. The molecule has 0 spiro atoms. The van der Waals surface area contributed by atoms with E-state index in [1.165, 1.54) is 6.07 Å². The molecule has 1 amide bonds. The van der Waals surface area contributed by atoms with E-state index in [4.69, 9.17) is 0 Å². The SMILES string of the molecule is CCc1ccc(O)c(NC(=O)C2CC(F)(F)CN2)c1.Cl. The smallest absolute Gasteiger partial charge is 0.262 e. The van der Waals surface area contributed by atoms with Gasteiger partial charge in [0.15, 0.2) is 0 Å². The molecule has 1 saturated heterocycles. The van der Waals surface area contributed by atoms with Crippen LogP contribution in [0.15, 0.2) is 18.2 Å². The normalized spacial score (nSPS) is 20.2. The van der Waals surface area contributed by atoms with Gasteiger partial charge < -0.3 is 10.4 Å². The Morgan fingerprint density at radius 1 is 1.55 bits per heavy atom. The molecular formula is C13H17ClF2N2O2. The quantitative estimate of drug-likeness (QED) is 0.751. The van der Waals surface area contributed by atoms with Crippen LogP contribution in [0, 0.1) is 0 Å². The number of amides is 1. The molecule has 1 atom stereocenters. The van der Waals surface area contributed by atoms with E-state index in [1.807, 2.05) is 6.92 Å². The molecule has 0 aromatic heterocycles. The van der Waals surface area contributed by atoms with Crippen LogP contribution in [0.4, 0.5) is 14.5 Å². The molecule has 1 fully saturated rings. The number of anilines is 1. The monoisotopic (exact) mass is 306 g/mol. The average Bonchev–Trinajstić information content (AvgIpc) is 2.72. The van der Waals surface area contributed by atoms with E-state index in [9.17, 15) is 18.7 Å². The Kier molecular flexibility index (Phi) is 5.30. The Balaban J connectivity index is 0.00000200. The van der Waals surface area contributed by atoms with Crippen molar-refractivity contribution in [1.82, 2.24) is 5.32 Å². The van der Waals surface area contributed by atoms with Gasteiger partial charge in [-0.3, -0.25) is 10.1 Å². The molecule has 0 radical (unpaired) electrons. The number of aryl methyl sites for hydroxylation is 1. The molecule has 7 heteroatoms. The van der Waals surface area contributed by atoms with Crippen LogP contribution in [0.5, 0.6) is 5.75 Å². The van der Waals surface area contributed by atoms with Gasteiger partial charge in [0, 0.05) is 6.42 Å². The molecule has 2 rings (SSSR count). The first kappa shape index (κ1) is 16.7. The highest BCUT2D eigenvalue weighted by atomic mass is 35.5. The lowest BCUT2D eigenvalue weighted by Gasteiger charge is -2.13. The van der Waals surface area contributed by atoms with Crippen LogP contribution in [-0.2, 0) is 11.2 Å². The molecule has 112 valence electrons.